The number of hydrogen-bond acceptors (Lipinski definition) is 1. The molecule has 2 fully saturated rings. The first-order valence-electron chi connectivity index (χ1n) is 10.9. The monoisotopic (exact) mass is 374 g/mol. The highest BCUT2D eigenvalue weighted by Gasteiger charge is 2.42. The van der Waals surface area contributed by atoms with Gasteiger partial charge >= 0.3 is 0 Å². The summed E-state index contributed by atoms with van der Waals surface area (Å²) < 4.78 is 34.0. The van der Waals surface area contributed by atoms with Crippen LogP contribution in [-0.4, -0.2) is 6.61 Å². The smallest absolute Gasteiger partial charge is 0.200 e. The topological polar surface area (TPSA) is 9.23 Å². The molecule has 0 spiro atoms. The van der Waals surface area contributed by atoms with Crippen LogP contribution in [0.2, 0.25) is 0 Å². The van der Waals surface area contributed by atoms with E-state index in [-0.39, 0.29) is 11.7 Å². The van der Waals surface area contributed by atoms with Crippen LogP contribution in [0.5, 0.6) is 5.75 Å². The Bertz CT molecular complexity index is 703. The van der Waals surface area contributed by atoms with Crippen molar-refractivity contribution in [3.05, 3.63) is 41.0 Å². The van der Waals surface area contributed by atoms with Crippen LogP contribution >= 0.6 is 0 Å². The molecule has 1 aromatic carbocycles. The van der Waals surface area contributed by atoms with Gasteiger partial charge in [-0.05, 0) is 93.1 Å². The van der Waals surface area contributed by atoms with Gasteiger partial charge in [0.15, 0.2) is 11.6 Å². The summed E-state index contributed by atoms with van der Waals surface area (Å²) in [5.41, 5.74) is 2.26. The average Bonchev–Trinajstić information content (AvgIpc) is 3.28. The summed E-state index contributed by atoms with van der Waals surface area (Å²) in [5, 5.41) is 0. The summed E-state index contributed by atoms with van der Waals surface area (Å²) >= 11 is 0. The minimum absolute atomic E-state index is 0.0290. The summed E-state index contributed by atoms with van der Waals surface area (Å²) in [5.74, 6) is 1.93. The third-order valence-corrected chi connectivity index (χ3v) is 7.56. The van der Waals surface area contributed by atoms with E-state index in [0.717, 1.165) is 43.4 Å². The third kappa shape index (κ3) is 3.43. The number of hydrogen-bond donors (Lipinski definition) is 0. The number of ether oxygens (including phenoxy) is 1. The van der Waals surface area contributed by atoms with E-state index in [9.17, 15) is 8.78 Å². The summed E-state index contributed by atoms with van der Waals surface area (Å²) in [7, 11) is 0. The Labute approximate surface area is 162 Å². The van der Waals surface area contributed by atoms with Crippen molar-refractivity contribution in [1.29, 1.82) is 0 Å². The number of rotatable bonds is 5. The largest absolute Gasteiger partial charge is 0.491 e. The molecular formula is C24H32F2O. The van der Waals surface area contributed by atoms with Crippen LogP contribution in [0, 0.1) is 35.3 Å². The number of benzene rings is 1. The van der Waals surface area contributed by atoms with Crippen molar-refractivity contribution >= 4 is 0 Å². The van der Waals surface area contributed by atoms with E-state index in [1.807, 2.05) is 0 Å². The fourth-order valence-corrected chi connectivity index (χ4v) is 6.19. The second kappa shape index (κ2) is 7.93. The van der Waals surface area contributed by atoms with Crippen molar-refractivity contribution in [2.45, 2.75) is 71.1 Å². The predicted molar refractivity (Wildman–Crippen MR) is 105 cm³/mol. The Kier molecular flexibility index (Phi) is 5.57. The van der Waals surface area contributed by atoms with Crippen LogP contribution in [0.1, 0.15) is 76.7 Å². The Balaban J connectivity index is 1.41. The Morgan fingerprint density at radius 3 is 2.37 bits per heavy atom. The van der Waals surface area contributed by atoms with Gasteiger partial charge in [0.1, 0.15) is 0 Å². The lowest BCUT2D eigenvalue weighted by atomic mass is 9.73. The quantitative estimate of drug-likeness (QED) is 0.503. The highest BCUT2D eigenvalue weighted by Crippen LogP contribution is 2.53. The van der Waals surface area contributed by atoms with Crippen LogP contribution in [-0.2, 0) is 0 Å². The molecule has 3 aliphatic carbocycles. The summed E-state index contributed by atoms with van der Waals surface area (Å²) in [6, 6.07) is 3.33. The maximum Gasteiger partial charge on any atom is 0.200 e. The molecule has 0 bridgehead atoms. The fraction of sp³-hybridized carbons (Fsp3) is 0.667. The molecule has 0 amide bonds. The van der Waals surface area contributed by atoms with Gasteiger partial charge in [-0.25, -0.2) is 4.39 Å². The molecule has 4 rings (SSSR count). The zero-order valence-corrected chi connectivity index (χ0v) is 16.6. The highest BCUT2D eigenvalue weighted by molar-refractivity contribution is 5.33. The van der Waals surface area contributed by atoms with Crippen molar-refractivity contribution in [3.8, 4) is 5.75 Å². The molecule has 148 valence electrons. The molecular weight excluding hydrogens is 342 g/mol. The van der Waals surface area contributed by atoms with Crippen molar-refractivity contribution in [2.75, 3.05) is 6.61 Å². The highest BCUT2D eigenvalue weighted by atomic mass is 19.2. The molecule has 3 unspecified atom stereocenters. The molecule has 1 nitrogen and oxygen atoms in total. The first-order valence-corrected chi connectivity index (χ1v) is 10.9. The molecule has 0 saturated heterocycles. The fourth-order valence-electron chi connectivity index (χ4n) is 6.19. The average molecular weight is 375 g/mol. The maximum atomic E-state index is 14.6. The van der Waals surface area contributed by atoms with Crippen molar-refractivity contribution < 1.29 is 13.5 Å². The lowest BCUT2D eigenvalue weighted by Gasteiger charge is -2.32. The number of halogens is 2. The SMILES string of the molecule is CCOc1ccc(C2CCC(C3=CCC4C(CC)CCC34)CC2)c(F)c1F. The van der Waals surface area contributed by atoms with Crippen LogP contribution in [0.25, 0.3) is 0 Å². The van der Waals surface area contributed by atoms with E-state index >= 15 is 0 Å². The first kappa shape index (κ1) is 19.0. The molecule has 3 atom stereocenters. The molecule has 3 aliphatic rings. The maximum absolute atomic E-state index is 14.6. The van der Waals surface area contributed by atoms with E-state index < -0.39 is 11.6 Å². The van der Waals surface area contributed by atoms with Gasteiger partial charge in [-0.3, -0.25) is 0 Å². The molecule has 3 heteroatoms. The van der Waals surface area contributed by atoms with E-state index in [4.69, 9.17) is 4.74 Å². The summed E-state index contributed by atoms with van der Waals surface area (Å²) in [6.07, 6.45) is 12.0. The predicted octanol–water partition coefficient (Wildman–Crippen LogP) is 7.02. The minimum Gasteiger partial charge on any atom is -0.491 e. The molecule has 27 heavy (non-hydrogen) atoms. The second-order valence-electron chi connectivity index (χ2n) is 8.72. The zero-order valence-electron chi connectivity index (χ0n) is 16.6. The summed E-state index contributed by atoms with van der Waals surface area (Å²) in [4.78, 5) is 0. The Hall–Kier alpha value is -1.38. The van der Waals surface area contributed by atoms with Gasteiger partial charge in [-0.15, -0.1) is 0 Å². The van der Waals surface area contributed by atoms with Crippen molar-refractivity contribution in [2.24, 2.45) is 23.7 Å². The standard InChI is InChI=1S/C24H32F2O/c1-3-15-9-10-21-18(15)11-12-19(21)16-5-7-17(8-6-16)20-13-14-22(27-4-2)24(26)23(20)25/h12-18,21H,3-11H2,1-2H3. The molecule has 0 heterocycles. The lowest BCUT2D eigenvalue weighted by Crippen LogP contribution is -2.20. The number of allylic oxidation sites excluding steroid dienone is 2. The minimum atomic E-state index is -0.825. The van der Waals surface area contributed by atoms with Crippen molar-refractivity contribution in [3.63, 3.8) is 0 Å². The van der Waals surface area contributed by atoms with Crippen LogP contribution in [0.3, 0.4) is 0 Å². The molecule has 0 aromatic heterocycles. The lowest BCUT2D eigenvalue weighted by molar-refractivity contribution is 0.301. The normalized spacial score (nSPS) is 33.0. The van der Waals surface area contributed by atoms with Crippen molar-refractivity contribution in [1.82, 2.24) is 0 Å². The van der Waals surface area contributed by atoms with Gasteiger partial charge in [-0.1, -0.05) is 31.1 Å². The molecule has 2 saturated carbocycles. The van der Waals surface area contributed by atoms with Gasteiger partial charge in [0, 0.05) is 0 Å². The van der Waals surface area contributed by atoms with E-state index in [1.165, 1.54) is 25.7 Å². The first-order chi connectivity index (χ1) is 13.1. The third-order valence-electron chi connectivity index (χ3n) is 7.56. The molecule has 0 N–H and O–H groups in total. The van der Waals surface area contributed by atoms with Crippen LogP contribution < -0.4 is 4.74 Å². The van der Waals surface area contributed by atoms with E-state index in [2.05, 4.69) is 13.0 Å². The van der Waals surface area contributed by atoms with E-state index in [0.29, 0.717) is 18.1 Å². The van der Waals surface area contributed by atoms with Crippen LogP contribution in [0.4, 0.5) is 8.78 Å². The molecule has 0 aliphatic heterocycles. The van der Waals surface area contributed by atoms with Gasteiger partial charge in [-0.2, -0.15) is 4.39 Å². The Morgan fingerprint density at radius 1 is 0.926 bits per heavy atom. The number of fused-ring (bicyclic) bond motifs is 1. The van der Waals surface area contributed by atoms with E-state index in [1.54, 1.807) is 24.6 Å². The van der Waals surface area contributed by atoms with Gasteiger partial charge in [0.2, 0.25) is 5.82 Å². The Morgan fingerprint density at radius 2 is 1.67 bits per heavy atom. The van der Waals surface area contributed by atoms with Crippen LogP contribution in [0.15, 0.2) is 23.8 Å². The van der Waals surface area contributed by atoms with Gasteiger partial charge < -0.3 is 4.74 Å². The summed E-state index contributed by atoms with van der Waals surface area (Å²) in [6.45, 7) is 4.46. The van der Waals surface area contributed by atoms with Gasteiger partial charge in [0.05, 0.1) is 6.61 Å². The second-order valence-corrected chi connectivity index (χ2v) is 8.72. The zero-order chi connectivity index (χ0) is 19.0. The van der Waals surface area contributed by atoms with Gasteiger partial charge in [0.25, 0.3) is 0 Å². The molecule has 1 aromatic rings. The molecule has 0 radical (unpaired) electrons.